The van der Waals surface area contributed by atoms with E-state index in [1.807, 2.05) is 0 Å². The molecule has 0 spiro atoms. The third-order valence-corrected chi connectivity index (χ3v) is 14.1. The minimum atomic E-state index is -0.0186. The zero-order chi connectivity index (χ0) is 38.1. The molecule has 1 nitrogen and oxygen atoms in total. The third-order valence-electron chi connectivity index (χ3n) is 14.1. The number of anilines is 2. The first-order valence-electron chi connectivity index (χ1n) is 21.0. The molecule has 0 radical (unpaired) electrons. The van der Waals surface area contributed by atoms with E-state index in [4.69, 9.17) is 0 Å². The lowest BCUT2D eigenvalue weighted by Crippen LogP contribution is -2.53. The van der Waals surface area contributed by atoms with Crippen molar-refractivity contribution >= 4 is 43.7 Å². The molecule has 1 aliphatic carbocycles. The summed E-state index contributed by atoms with van der Waals surface area (Å²) in [5, 5.41) is 7.92. The highest BCUT2D eigenvalue weighted by atomic mass is 15.2. The Bertz CT molecular complexity index is 2850. The predicted molar refractivity (Wildman–Crippen MR) is 244 cm³/mol. The first-order chi connectivity index (χ1) is 28.0. The molecule has 1 aliphatic heterocycles. The largest absolute Gasteiger partial charge is 0.334 e. The molecule has 1 fully saturated rings. The molecule has 57 heavy (non-hydrogen) atoms. The highest BCUT2D eigenvalue weighted by molar-refractivity contribution is 6.32. The van der Waals surface area contributed by atoms with Crippen LogP contribution in [0.2, 0.25) is 0 Å². The lowest BCUT2D eigenvalue weighted by atomic mass is 9.63. The predicted octanol–water partition coefficient (Wildman–Crippen LogP) is 15.8. The van der Waals surface area contributed by atoms with Gasteiger partial charge >= 0.3 is 0 Å². The molecule has 2 unspecified atom stereocenters. The maximum absolute atomic E-state index is 2.72. The monoisotopic (exact) mass is 733 g/mol. The Morgan fingerprint density at radius 3 is 1.28 bits per heavy atom. The molecule has 9 aromatic rings. The molecule has 1 saturated carbocycles. The second kappa shape index (κ2) is 13.2. The lowest BCUT2D eigenvalue weighted by molar-refractivity contribution is 0.218. The SMILES string of the molecule is CC12CCCCCCC1(C)N(c1ccccc1)c1ccc(-c3cc(-c4ccccc4)c4ccc5c(-c6ccccc6)cc(-c6ccccc6)c6ccc3c4c56)cc12. The Morgan fingerprint density at radius 1 is 0.386 bits per heavy atom. The van der Waals surface area contributed by atoms with Gasteiger partial charge in [-0.2, -0.15) is 0 Å². The fourth-order valence-corrected chi connectivity index (χ4v) is 11.0. The van der Waals surface area contributed by atoms with E-state index < -0.39 is 0 Å². The molecule has 1 heteroatoms. The molecule has 0 bridgehead atoms. The molecular weight excluding hydrogens is 687 g/mol. The maximum Gasteiger partial charge on any atom is 0.0517 e. The van der Waals surface area contributed by atoms with Crippen LogP contribution in [0, 0.1) is 0 Å². The van der Waals surface area contributed by atoms with Crippen LogP contribution in [0.5, 0.6) is 0 Å². The highest BCUT2D eigenvalue weighted by Gasteiger charge is 2.56. The van der Waals surface area contributed by atoms with Gasteiger partial charge in [-0.15, -0.1) is 0 Å². The van der Waals surface area contributed by atoms with Crippen molar-refractivity contribution in [2.75, 3.05) is 4.90 Å². The fourth-order valence-electron chi connectivity index (χ4n) is 11.0. The van der Waals surface area contributed by atoms with Gasteiger partial charge in [0.25, 0.3) is 0 Å². The minimum absolute atomic E-state index is 0.00974. The number of benzene rings is 9. The molecular formula is C56H47N. The van der Waals surface area contributed by atoms with Gasteiger partial charge in [0.05, 0.1) is 5.54 Å². The van der Waals surface area contributed by atoms with Crippen LogP contribution in [0.1, 0.15) is 57.9 Å². The van der Waals surface area contributed by atoms with Gasteiger partial charge in [0.2, 0.25) is 0 Å². The number of fused-ring (bicyclic) bond motifs is 3. The average molecular weight is 734 g/mol. The van der Waals surface area contributed by atoms with Crippen molar-refractivity contribution in [3.8, 4) is 44.5 Å². The van der Waals surface area contributed by atoms with Crippen LogP contribution >= 0.6 is 0 Å². The van der Waals surface area contributed by atoms with Crippen LogP contribution in [-0.4, -0.2) is 5.54 Å². The minimum Gasteiger partial charge on any atom is -0.334 e. The van der Waals surface area contributed by atoms with Crippen molar-refractivity contribution in [3.63, 3.8) is 0 Å². The Morgan fingerprint density at radius 2 is 0.807 bits per heavy atom. The Hall–Kier alpha value is -6.18. The molecule has 11 rings (SSSR count). The molecule has 2 atom stereocenters. The summed E-state index contributed by atoms with van der Waals surface area (Å²) in [7, 11) is 0. The van der Waals surface area contributed by atoms with Crippen molar-refractivity contribution in [2.24, 2.45) is 0 Å². The number of rotatable bonds is 5. The highest BCUT2D eigenvalue weighted by Crippen LogP contribution is 2.60. The lowest BCUT2D eigenvalue weighted by Gasteiger charge is -2.48. The third kappa shape index (κ3) is 5.14. The van der Waals surface area contributed by atoms with Crippen LogP contribution in [0.4, 0.5) is 11.4 Å². The van der Waals surface area contributed by atoms with E-state index in [0.717, 1.165) is 0 Å². The number of nitrogens with zero attached hydrogens (tertiary/aromatic N) is 1. The molecule has 276 valence electrons. The van der Waals surface area contributed by atoms with Gasteiger partial charge < -0.3 is 4.90 Å². The zero-order valence-electron chi connectivity index (χ0n) is 32.9. The Kier molecular flexibility index (Phi) is 7.90. The summed E-state index contributed by atoms with van der Waals surface area (Å²) in [6, 6.07) is 66.2. The second-order valence-electron chi connectivity index (χ2n) is 17.0. The summed E-state index contributed by atoms with van der Waals surface area (Å²) in [4.78, 5) is 2.72. The van der Waals surface area contributed by atoms with E-state index in [-0.39, 0.29) is 11.0 Å². The van der Waals surface area contributed by atoms with Crippen LogP contribution in [0.3, 0.4) is 0 Å². The summed E-state index contributed by atoms with van der Waals surface area (Å²) < 4.78 is 0. The normalized spacial score (nSPS) is 19.4. The average Bonchev–Trinajstić information content (AvgIpc) is 3.45. The molecule has 0 aromatic heterocycles. The number of para-hydroxylation sites is 1. The fraction of sp³-hybridized carbons (Fsp3) is 0.179. The second-order valence-corrected chi connectivity index (χ2v) is 17.0. The van der Waals surface area contributed by atoms with E-state index in [9.17, 15) is 0 Å². The first-order valence-corrected chi connectivity index (χ1v) is 21.0. The van der Waals surface area contributed by atoms with Gasteiger partial charge in [-0.05, 0) is 139 Å². The summed E-state index contributed by atoms with van der Waals surface area (Å²) in [6.45, 7) is 5.14. The summed E-state index contributed by atoms with van der Waals surface area (Å²) >= 11 is 0. The summed E-state index contributed by atoms with van der Waals surface area (Å²) in [5.41, 5.74) is 14.3. The van der Waals surface area contributed by atoms with Crippen LogP contribution in [0.25, 0.3) is 76.8 Å². The van der Waals surface area contributed by atoms with Gasteiger partial charge in [-0.1, -0.05) is 172 Å². The topological polar surface area (TPSA) is 3.24 Å². The van der Waals surface area contributed by atoms with Gasteiger partial charge in [0.1, 0.15) is 0 Å². The van der Waals surface area contributed by atoms with Crippen LogP contribution in [-0.2, 0) is 5.41 Å². The standard InChI is InChI=1S/C56H47N/c1-55-33-17-3-4-18-34-56(55,2)57(42-25-15-8-16-26-42)52-32-27-41(35-51(52)55)50-37-49(40-23-13-7-14-24-40)45-29-28-43-47(38-19-9-5-10-20-38)36-48(39-21-11-6-12-22-39)44-30-31-46(50)54(45)53(43)44/h5-16,19-32,35-37H,3-4,17-18,33-34H2,1-2H3. The smallest absolute Gasteiger partial charge is 0.0517 e. The molecule has 0 saturated heterocycles. The van der Waals surface area contributed by atoms with Gasteiger partial charge in [-0.3, -0.25) is 0 Å². The van der Waals surface area contributed by atoms with Gasteiger partial charge in [-0.25, -0.2) is 0 Å². The number of hydrogen-bond acceptors (Lipinski definition) is 1. The van der Waals surface area contributed by atoms with Crippen LogP contribution < -0.4 is 4.90 Å². The molecule has 0 N–H and O–H groups in total. The molecule has 0 amide bonds. The van der Waals surface area contributed by atoms with Crippen LogP contribution in [0.15, 0.2) is 176 Å². The van der Waals surface area contributed by atoms with Crippen molar-refractivity contribution in [3.05, 3.63) is 181 Å². The van der Waals surface area contributed by atoms with E-state index in [0.29, 0.717) is 0 Å². The van der Waals surface area contributed by atoms with Crippen molar-refractivity contribution in [1.82, 2.24) is 0 Å². The molecule has 1 heterocycles. The Labute approximate surface area is 336 Å². The van der Waals surface area contributed by atoms with E-state index >= 15 is 0 Å². The summed E-state index contributed by atoms with van der Waals surface area (Å²) in [6.07, 6.45) is 7.55. The van der Waals surface area contributed by atoms with Gasteiger partial charge in [0.15, 0.2) is 0 Å². The van der Waals surface area contributed by atoms with Crippen molar-refractivity contribution in [2.45, 2.75) is 63.3 Å². The van der Waals surface area contributed by atoms with Crippen molar-refractivity contribution < 1.29 is 0 Å². The van der Waals surface area contributed by atoms with Gasteiger partial charge in [0, 0.05) is 16.8 Å². The first kappa shape index (κ1) is 34.1. The van der Waals surface area contributed by atoms with E-state index in [1.54, 1.807) is 0 Å². The van der Waals surface area contributed by atoms with E-state index in [2.05, 4.69) is 195 Å². The molecule has 9 aromatic carbocycles. The zero-order valence-corrected chi connectivity index (χ0v) is 32.9. The quantitative estimate of drug-likeness (QED) is 0.159. The number of hydrogen-bond donors (Lipinski definition) is 0. The Balaban J connectivity index is 1.23. The van der Waals surface area contributed by atoms with Crippen molar-refractivity contribution in [1.29, 1.82) is 0 Å². The van der Waals surface area contributed by atoms with E-state index in [1.165, 1.54) is 132 Å². The molecule has 2 aliphatic rings. The summed E-state index contributed by atoms with van der Waals surface area (Å²) in [5.74, 6) is 0. The maximum atomic E-state index is 2.72.